The topological polar surface area (TPSA) is 29.3 Å². The van der Waals surface area contributed by atoms with Crippen molar-refractivity contribution in [2.24, 2.45) is 17.6 Å². The lowest BCUT2D eigenvalue weighted by Gasteiger charge is -2.35. The summed E-state index contributed by atoms with van der Waals surface area (Å²) in [5.41, 5.74) is 6.20. The van der Waals surface area contributed by atoms with Gasteiger partial charge in [0, 0.05) is 18.6 Å². The zero-order valence-electron chi connectivity index (χ0n) is 11.0. The largest absolute Gasteiger partial charge is 0.326 e. The SMILES string of the molecule is CCC1CCC(N(C)CC(N)C2CC2)CC1. The maximum Gasteiger partial charge on any atom is 0.0196 e. The van der Waals surface area contributed by atoms with Gasteiger partial charge in [-0.1, -0.05) is 13.3 Å². The first-order chi connectivity index (χ1) is 7.70. The Balaban J connectivity index is 1.70. The van der Waals surface area contributed by atoms with Gasteiger partial charge in [0.1, 0.15) is 0 Å². The molecule has 16 heavy (non-hydrogen) atoms. The van der Waals surface area contributed by atoms with Crippen molar-refractivity contribution in [1.29, 1.82) is 0 Å². The van der Waals surface area contributed by atoms with Crippen LogP contribution >= 0.6 is 0 Å². The normalized spacial score (nSPS) is 33.0. The molecule has 2 nitrogen and oxygen atoms in total. The van der Waals surface area contributed by atoms with Crippen LogP contribution in [-0.4, -0.2) is 30.6 Å². The van der Waals surface area contributed by atoms with Gasteiger partial charge in [-0.2, -0.15) is 0 Å². The lowest BCUT2D eigenvalue weighted by molar-refractivity contribution is 0.153. The fourth-order valence-corrected chi connectivity index (χ4v) is 3.15. The zero-order valence-corrected chi connectivity index (χ0v) is 11.0. The zero-order chi connectivity index (χ0) is 11.5. The Labute approximate surface area is 101 Å². The van der Waals surface area contributed by atoms with Crippen LogP contribution in [0.25, 0.3) is 0 Å². The van der Waals surface area contributed by atoms with Crippen molar-refractivity contribution < 1.29 is 0 Å². The van der Waals surface area contributed by atoms with E-state index in [1.165, 1.54) is 44.9 Å². The molecule has 0 radical (unpaired) electrons. The molecule has 0 spiro atoms. The molecule has 0 bridgehead atoms. The summed E-state index contributed by atoms with van der Waals surface area (Å²) in [4.78, 5) is 2.54. The number of nitrogens with zero attached hydrogens (tertiary/aromatic N) is 1. The Kier molecular flexibility index (Phi) is 4.26. The van der Waals surface area contributed by atoms with Crippen LogP contribution in [-0.2, 0) is 0 Å². The minimum Gasteiger partial charge on any atom is -0.326 e. The quantitative estimate of drug-likeness (QED) is 0.778. The predicted molar refractivity (Wildman–Crippen MR) is 69.4 cm³/mol. The van der Waals surface area contributed by atoms with Crippen LogP contribution in [0.15, 0.2) is 0 Å². The molecule has 0 aromatic carbocycles. The molecule has 2 aliphatic carbocycles. The smallest absolute Gasteiger partial charge is 0.0196 e. The molecule has 2 heteroatoms. The number of rotatable bonds is 5. The average molecular weight is 224 g/mol. The van der Waals surface area contributed by atoms with Gasteiger partial charge in [-0.25, -0.2) is 0 Å². The van der Waals surface area contributed by atoms with Crippen LogP contribution in [0.4, 0.5) is 0 Å². The van der Waals surface area contributed by atoms with E-state index >= 15 is 0 Å². The molecular weight excluding hydrogens is 196 g/mol. The highest BCUT2D eigenvalue weighted by Crippen LogP contribution is 2.33. The van der Waals surface area contributed by atoms with Crippen molar-refractivity contribution in [2.75, 3.05) is 13.6 Å². The summed E-state index contributed by atoms with van der Waals surface area (Å²) >= 11 is 0. The molecule has 1 atom stereocenters. The molecule has 2 saturated carbocycles. The summed E-state index contributed by atoms with van der Waals surface area (Å²) in [6.45, 7) is 3.45. The number of hydrogen-bond acceptors (Lipinski definition) is 2. The first-order valence-electron chi connectivity index (χ1n) is 7.16. The summed E-state index contributed by atoms with van der Waals surface area (Å²) < 4.78 is 0. The predicted octanol–water partition coefficient (Wildman–Crippen LogP) is 2.62. The van der Waals surface area contributed by atoms with Crippen molar-refractivity contribution in [1.82, 2.24) is 4.90 Å². The third kappa shape index (κ3) is 3.21. The van der Waals surface area contributed by atoms with Crippen molar-refractivity contribution in [3.8, 4) is 0 Å². The van der Waals surface area contributed by atoms with Crippen LogP contribution in [0.3, 0.4) is 0 Å². The first kappa shape index (κ1) is 12.4. The van der Waals surface area contributed by atoms with Crippen molar-refractivity contribution in [3.05, 3.63) is 0 Å². The fraction of sp³-hybridized carbons (Fsp3) is 1.00. The van der Waals surface area contributed by atoms with Gasteiger partial charge in [0.15, 0.2) is 0 Å². The highest BCUT2D eigenvalue weighted by atomic mass is 15.1. The molecular formula is C14H28N2. The van der Waals surface area contributed by atoms with E-state index in [1.807, 2.05) is 0 Å². The van der Waals surface area contributed by atoms with E-state index in [0.717, 1.165) is 24.4 Å². The van der Waals surface area contributed by atoms with Gasteiger partial charge in [-0.3, -0.25) is 0 Å². The van der Waals surface area contributed by atoms with Crippen LogP contribution in [0.1, 0.15) is 51.9 Å². The third-order valence-electron chi connectivity index (χ3n) is 4.74. The van der Waals surface area contributed by atoms with E-state index in [-0.39, 0.29) is 0 Å². The van der Waals surface area contributed by atoms with Gasteiger partial charge >= 0.3 is 0 Å². The fourth-order valence-electron chi connectivity index (χ4n) is 3.15. The molecule has 2 N–H and O–H groups in total. The van der Waals surface area contributed by atoms with E-state index in [0.29, 0.717) is 6.04 Å². The minimum atomic E-state index is 0.439. The monoisotopic (exact) mass is 224 g/mol. The van der Waals surface area contributed by atoms with Crippen molar-refractivity contribution in [2.45, 2.75) is 64.0 Å². The maximum atomic E-state index is 6.20. The van der Waals surface area contributed by atoms with Gasteiger partial charge < -0.3 is 10.6 Å². The third-order valence-corrected chi connectivity index (χ3v) is 4.74. The first-order valence-corrected chi connectivity index (χ1v) is 7.16. The number of nitrogens with two attached hydrogens (primary N) is 1. The second-order valence-electron chi connectivity index (χ2n) is 6.02. The summed E-state index contributed by atoms with van der Waals surface area (Å²) in [5, 5.41) is 0. The van der Waals surface area contributed by atoms with Crippen LogP contribution in [0, 0.1) is 11.8 Å². The molecule has 0 heterocycles. The lowest BCUT2D eigenvalue weighted by atomic mass is 9.84. The molecule has 2 rings (SSSR count). The van der Waals surface area contributed by atoms with E-state index in [4.69, 9.17) is 5.73 Å². The van der Waals surface area contributed by atoms with E-state index < -0.39 is 0 Å². The van der Waals surface area contributed by atoms with Crippen LogP contribution < -0.4 is 5.73 Å². The molecule has 0 aromatic heterocycles. The summed E-state index contributed by atoms with van der Waals surface area (Å²) in [6.07, 6.45) is 9.78. The van der Waals surface area contributed by atoms with E-state index in [1.54, 1.807) is 0 Å². The molecule has 94 valence electrons. The summed E-state index contributed by atoms with van der Waals surface area (Å²) in [7, 11) is 2.28. The Morgan fingerprint density at radius 2 is 1.75 bits per heavy atom. The summed E-state index contributed by atoms with van der Waals surface area (Å²) in [5.74, 6) is 1.84. The summed E-state index contributed by atoms with van der Waals surface area (Å²) in [6, 6.07) is 1.25. The maximum absolute atomic E-state index is 6.20. The molecule has 1 unspecified atom stereocenters. The van der Waals surface area contributed by atoms with Gasteiger partial charge in [0.05, 0.1) is 0 Å². The standard InChI is InChI=1S/C14H28N2/c1-3-11-4-8-13(9-5-11)16(2)10-14(15)12-6-7-12/h11-14H,3-10,15H2,1-2H3. The van der Waals surface area contributed by atoms with Gasteiger partial charge in [-0.15, -0.1) is 0 Å². The molecule has 0 aliphatic heterocycles. The Bertz CT molecular complexity index is 205. The molecule has 0 aromatic rings. The van der Waals surface area contributed by atoms with Crippen molar-refractivity contribution in [3.63, 3.8) is 0 Å². The Morgan fingerprint density at radius 1 is 1.12 bits per heavy atom. The van der Waals surface area contributed by atoms with E-state index in [9.17, 15) is 0 Å². The molecule has 0 amide bonds. The molecule has 0 saturated heterocycles. The van der Waals surface area contributed by atoms with Crippen LogP contribution in [0.5, 0.6) is 0 Å². The minimum absolute atomic E-state index is 0.439. The number of likely N-dealkylation sites (N-methyl/N-ethyl adjacent to an activating group) is 1. The highest BCUT2D eigenvalue weighted by Gasteiger charge is 2.31. The molecule has 2 fully saturated rings. The van der Waals surface area contributed by atoms with Gasteiger partial charge in [0.25, 0.3) is 0 Å². The molecule has 2 aliphatic rings. The van der Waals surface area contributed by atoms with Gasteiger partial charge in [0.2, 0.25) is 0 Å². The van der Waals surface area contributed by atoms with Crippen molar-refractivity contribution >= 4 is 0 Å². The number of hydrogen-bond donors (Lipinski definition) is 1. The Hall–Kier alpha value is -0.0800. The lowest BCUT2D eigenvalue weighted by Crippen LogP contribution is -2.43. The van der Waals surface area contributed by atoms with E-state index in [2.05, 4.69) is 18.9 Å². The second kappa shape index (κ2) is 5.50. The highest BCUT2D eigenvalue weighted by molar-refractivity contribution is 4.87. The van der Waals surface area contributed by atoms with Gasteiger partial charge in [-0.05, 0) is 57.4 Å². The van der Waals surface area contributed by atoms with Crippen LogP contribution in [0.2, 0.25) is 0 Å². The average Bonchev–Trinajstić information content (AvgIpc) is 3.13. The Morgan fingerprint density at radius 3 is 2.25 bits per heavy atom. The second-order valence-corrected chi connectivity index (χ2v) is 6.02.